The van der Waals surface area contributed by atoms with Crippen LogP contribution in [0.25, 0.3) is 0 Å². The van der Waals surface area contributed by atoms with E-state index >= 15 is 0 Å². The molecule has 2 unspecified atom stereocenters. The van der Waals surface area contributed by atoms with Gasteiger partial charge in [-0.1, -0.05) is 11.8 Å². The Morgan fingerprint density at radius 3 is 2.36 bits per heavy atom. The maximum atomic E-state index is 13.0. The largest absolute Gasteiger partial charge is 0.381 e. The number of amides is 3. The normalized spacial score (nSPS) is 20.9. The van der Waals surface area contributed by atoms with Crippen LogP contribution in [0.5, 0.6) is 0 Å². The second kappa shape index (κ2) is 8.33. The van der Waals surface area contributed by atoms with E-state index in [9.17, 15) is 28.3 Å². The minimum Gasteiger partial charge on any atom is -0.381 e. The van der Waals surface area contributed by atoms with E-state index in [1.807, 2.05) is 5.32 Å². The van der Waals surface area contributed by atoms with Crippen molar-refractivity contribution in [1.29, 1.82) is 0 Å². The molecular formula is C18H19F2N3O5. The van der Waals surface area contributed by atoms with Crippen LogP contribution in [0.15, 0.2) is 24.3 Å². The minimum absolute atomic E-state index is 0.0211. The Labute approximate surface area is 159 Å². The Balaban J connectivity index is 2.08. The van der Waals surface area contributed by atoms with Gasteiger partial charge in [-0.3, -0.25) is 19.6 Å². The van der Waals surface area contributed by atoms with Gasteiger partial charge in [0.15, 0.2) is 5.60 Å². The third kappa shape index (κ3) is 4.82. The first-order valence-electron chi connectivity index (χ1n) is 8.24. The highest BCUT2D eigenvalue weighted by Crippen LogP contribution is 2.37. The summed E-state index contributed by atoms with van der Waals surface area (Å²) in [6.07, 6.45) is -2.75. The Hall–Kier alpha value is -3.03. The fraction of sp³-hybridized carbons (Fsp3) is 0.389. The van der Waals surface area contributed by atoms with Crippen LogP contribution >= 0.6 is 0 Å². The van der Waals surface area contributed by atoms with Crippen molar-refractivity contribution < 1.29 is 33.5 Å². The van der Waals surface area contributed by atoms with Crippen molar-refractivity contribution in [2.45, 2.75) is 31.4 Å². The maximum absolute atomic E-state index is 13.0. The molecule has 0 radical (unpaired) electrons. The number of carbonyl (C=O) groups is 3. The molecule has 150 valence electrons. The quantitative estimate of drug-likeness (QED) is 0.257. The molecule has 0 heterocycles. The molecule has 4 atom stereocenters. The van der Waals surface area contributed by atoms with Crippen LogP contribution < -0.4 is 16.5 Å². The highest BCUT2D eigenvalue weighted by Gasteiger charge is 2.46. The molecule has 0 aliphatic heterocycles. The number of hydroxylamine groups is 1. The van der Waals surface area contributed by atoms with Crippen LogP contribution in [0.3, 0.4) is 0 Å². The van der Waals surface area contributed by atoms with Crippen LogP contribution in [-0.2, 0) is 9.59 Å². The van der Waals surface area contributed by atoms with Gasteiger partial charge in [0, 0.05) is 17.0 Å². The van der Waals surface area contributed by atoms with Gasteiger partial charge in [-0.15, -0.1) is 0 Å². The number of hydrogen-bond donors (Lipinski definition) is 5. The minimum atomic E-state index is -3.36. The fourth-order valence-electron chi connectivity index (χ4n) is 2.43. The number of halogens is 2. The summed E-state index contributed by atoms with van der Waals surface area (Å²) in [5, 5.41) is 20.4. The van der Waals surface area contributed by atoms with Crippen LogP contribution in [-0.4, -0.2) is 46.1 Å². The monoisotopic (exact) mass is 395 g/mol. The summed E-state index contributed by atoms with van der Waals surface area (Å²) in [5.74, 6) is 2.70. The summed E-state index contributed by atoms with van der Waals surface area (Å²) in [7, 11) is 0. The molecule has 1 aromatic carbocycles. The Morgan fingerprint density at radius 2 is 1.89 bits per heavy atom. The lowest BCUT2D eigenvalue weighted by molar-refractivity contribution is -0.149. The zero-order chi connectivity index (χ0) is 21.1. The molecule has 8 nitrogen and oxygen atoms in total. The summed E-state index contributed by atoms with van der Waals surface area (Å²) in [6, 6.07) is 3.60. The van der Waals surface area contributed by atoms with Gasteiger partial charge in [0.05, 0.1) is 5.92 Å². The predicted octanol–water partition coefficient (Wildman–Crippen LogP) is -0.221. The third-order valence-corrected chi connectivity index (χ3v) is 4.38. The molecule has 6 N–H and O–H groups in total. The van der Waals surface area contributed by atoms with E-state index in [0.29, 0.717) is 18.9 Å². The highest BCUT2D eigenvalue weighted by atomic mass is 19.3. The number of nitrogens with two attached hydrogens (primary N) is 1. The molecule has 0 spiro atoms. The molecule has 3 amide bonds. The lowest BCUT2D eigenvalue weighted by atomic mass is 9.95. The molecule has 0 bridgehead atoms. The molecule has 2 rings (SSSR count). The van der Waals surface area contributed by atoms with Gasteiger partial charge in [-0.25, -0.2) is 14.3 Å². The van der Waals surface area contributed by atoms with Crippen molar-refractivity contribution in [2.75, 3.05) is 0 Å². The molecule has 1 aliphatic rings. The summed E-state index contributed by atoms with van der Waals surface area (Å²) in [6.45, 7) is 0.660. The van der Waals surface area contributed by atoms with Crippen LogP contribution in [0.2, 0.25) is 0 Å². The van der Waals surface area contributed by atoms with Crippen molar-refractivity contribution in [3.05, 3.63) is 35.4 Å². The summed E-state index contributed by atoms with van der Waals surface area (Å²) < 4.78 is 26.0. The van der Waals surface area contributed by atoms with Crippen molar-refractivity contribution in [1.82, 2.24) is 10.8 Å². The van der Waals surface area contributed by atoms with Gasteiger partial charge in [0.25, 0.3) is 18.2 Å². The first-order valence-corrected chi connectivity index (χ1v) is 8.24. The van der Waals surface area contributed by atoms with Crippen molar-refractivity contribution in [2.24, 2.45) is 17.6 Å². The van der Waals surface area contributed by atoms with Gasteiger partial charge in [0.1, 0.15) is 6.04 Å². The molecule has 1 saturated carbocycles. The summed E-state index contributed by atoms with van der Waals surface area (Å²) in [5.41, 5.74) is 3.97. The molecule has 10 heteroatoms. The molecule has 28 heavy (non-hydrogen) atoms. The van der Waals surface area contributed by atoms with E-state index in [0.717, 1.165) is 5.48 Å². The van der Waals surface area contributed by atoms with Gasteiger partial charge in [0.2, 0.25) is 5.91 Å². The smallest absolute Gasteiger partial charge is 0.269 e. The Morgan fingerprint density at radius 1 is 1.29 bits per heavy atom. The second-order valence-corrected chi connectivity index (χ2v) is 6.61. The van der Waals surface area contributed by atoms with Crippen molar-refractivity contribution >= 4 is 17.7 Å². The third-order valence-electron chi connectivity index (χ3n) is 4.38. The maximum Gasteiger partial charge on any atom is 0.269 e. The van der Waals surface area contributed by atoms with Crippen LogP contribution in [0.4, 0.5) is 8.78 Å². The predicted molar refractivity (Wildman–Crippen MR) is 91.9 cm³/mol. The van der Waals surface area contributed by atoms with Gasteiger partial charge < -0.3 is 16.2 Å². The molecular weight excluding hydrogens is 376 g/mol. The fourth-order valence-corrected chi connectivity index (χ4v) is 2.43. The standard InChI is InChI=1S/C18H19F2N3O5/c1-18(27,17(19)20)13(16(26)23-28)22-15(25)10-5-2-9(3-6-10)4-7-11-8-12(11)14(21)24/h2-3,5-6,11-13,17,27-28H,8H2,1H3,(H2,21,24)(H,22,25)(H,23,26)/t11?,12?,13-,18+/m1/s1. The van der Waals surface area contributed by atoms with Crippen LogP contribution in [0.1, 0.15) is 29.3 Å². The zero-order valence-corrected chi connectivity index (χ0v) is 14.8. The number of benzene rings is 1. The second-order valence-electron chi connectivity index (χ2n) is 6.61. The number of nitrogens with one attached hydrogen (secondary N) is 2. The number of primary amides is 1. The van der Waals surface area contributed by atoms with E-state index in [1.54, 1.807) is 0 Å². The number of rotatable bonds is 6. The highest BCUT2D eigenvalue weighted by molar-refractivity contribution is 5.97. The Kier molecular flexibility index (Phi) is 6.33. The van der Waals surface area contributed by atoms with E-state index in [4.69, 9.17) is 10.9 Å². The number of carbonyl (C=O) groups excluding carboxylic acids is 3. The number of aliphatic hydroxyl groups is 1. The van der Waals surface area contributed by atoms with E-state index in [2.05, 4.69) is 11.8 Å². The van der Waals surface area contributed by atoms with Crippen molar-refractivity contribution in [3.63, 3.8) is 0 Å². The first kappa shape index (κ1) is 21.3. The lowest BCUT2D eigenvalue weighted by Gasteiger charge is -2.30. The van der Waals surface area contributed by atoms with Gasteiger partial charge in [-0.2, -0.15) is 0 Å². The van der Waals surface area contributed by atoms with Gasteiger partial charge in [-0.05, 0) is 37.6 Å². The zero-order valence-electron chi connectivity index (χ0n) is 14.8. The topological polar surface area (TPSA) is 142 Å². The van der Waals surface area contributed by atoms with Crippen LogP contribution in [0, 0.1) is 23.7 Å². The molecule has 1 fully saturated rings. The number of alkyl halides is 2. The average molecular weight is 395 g/mol. The summed E-state index contributed by atoms with van der Waals surface area (Å²) in [4.78, 5) is 34.8. The molecule has 0 saturated heterocycles. The van der Waals surface area contributed by atoms with Gasteiger partial charge >= 0.3 is 0 Å². The van der Waals surface area contributed by atoms with E-state index in [-0.39, 0.29) is 17.4 Å². The molecule has 0 aromatic heterocycles. The van der Waals surface area contributed by atoms with E-state index < -0.39 is 35.8 Å². The summed E-state index contributed by atoms with van der Waals surface area (Å²) >= 11 is 0. The van der Waals surface area contributed by atoms with Crippen molar-refractivity contribution in [3.8, 4) is 11.8 Å². The first-order chi connectivity index (χ1) is 13.1. The molecule has 1 aliphatic carbocycles. The molecule has 1 aromatic rings. The average Bonchev–Trinajstić information content (AvgIpc) is 3.43. The Bertz CT molecular complexity index is 830. The SMILES string of the molecule is C[C@@](O)(C(F)F)[C@H](NC(=O)c1ccc(C#CC2CC2C(N)=O)cc1)C(=O)NO. The van der Waals surface area contributed by atoms with E-state index in [1.165, 1.54) is 24.3 Å². The number of hydrogen-bond acceptors (Lipinski definition) is 5. The lowest BCUT2D eigenvalue weighted by Crippen LogP contribution is -2.61.